The summed E-state index contributed by atoms with van der Waals surface area (Å²) in [4.78, 5) is 0. The zero-order valence-electron chi connectivity index (χ0n) is 6.27. The van der Waals surface area contributed by atoms with E-state index in [2.05, 4.69) is 4.65 Å². The van der Waals surface area contributed by atoms with Crippen LogP contribution in [0.25, 0.3) is 0 Å². The molecule has 2 N–H and O–H groups in total. The number of hydrogen-bond acceptors (Lipinski definition) is 3. The van der Waals surface area contributed by atoms with Crippen LogP contribution in [0, 0.1) is 5.82 Å². The Kier molecular flexibility index (Phi) is 3.22. The van der Waals surface area contributed by atoms with Crippen LogP contribution in [0.5, 0.6) is 0 Å². The fraction of sp³-hybridized carbons (Fsp3) is 0.143. The van der Waals surface area contributed by atoms with E-state index in [0.717, 1.165) is 0 Å². The third kappa shape index (κ3) is 2.62. The SMILES string of the molecule is OB(O)OCc1ccccc1F. The van der Waals surface area contributed by atoms with E-state index in [1.807, 2.05) is 0 Å². The number of rotatable bonds is 3. The van der Waals surface area contributed by atoms with Crippen molar-refractivity contribution in [3.8, 4) is 0 Å². The van der Waals surface area contributed by atoms with Gasteiger partial charge < -0.3 is 14.7 Å². The first-order chi connectivity index (χ1) is 5.70. The van der Waals surface area contributed by atoms with Gasteiger partial charge in [0.05, 0.1) is 6.61 Å². The molecule has 12 heavy (non-hydrogen) atoms. The van der Waals surface area contributed by atoms with Crippen molar-refractivity contribution >= 4 is 7.32 Å². The molecular weight excluding hydrogens is 162 g/mol. The van der Waals surface area contributed by atoms with Crippen molar-refractivity contribution in [3.63, 3.8) is 0 Å². The van der Waals surface area contributed by atoms with Crippen molar-refractivity contribution in [3.05, 3.63) is 35.6 Å². The zero-order chi connectivity index (χ0) is 8.97. The molecule has 0 spiro atoms. The summed E-state index contributed by atoms with van der Waals surface area (Å²) in [5.74, 6) is -0.418. The third-order valence-corrected chi connectivity index (χ3v) is 1.35. The minimum atomic E-state index is -1.86. The number of halogens is 1. The average Bonchev–Trinajstić information content (AvgIpc) is 2.03. The van der Waals surface area contributed by atoms with Crippen LogP contribution >= 0.6 is 0 Å². The van der Waals surface area contributed by atoms with Gasteiger partial charge in [-0.25, -0.2) is 4.39 Å². The molecule has 0 saturated carbocycles. The lowest BCUT2D eigenvalue weighted by molar-refractivity contribution is 0.174. The van der Waals surface area contributed by atoms with E-state index in [1.165, 1.54) is 12.1 Å². The first kappa shape index (κ1) is 9.19. The van der Waals surface area contributed by atoms with Gasteiger partial charge in [0, 0.05) is 5.56 Å². The Bertz CT molecular complexity index is 254. The minimum absolute atomic E-state index is 0.148. The molecule has 1 aromatic carbocycles. The van der Waals surface area contributed by atoms with Crippen LogP contribution < -0.4 is 0 Å². The van der Waals surface area contributed by atoms with Crippen molar-refractivity contribution in [2.24, 2.45) is 0 Å². The lowest BCUT2D eigenvalue weighted by Crippen LogP contribution is -2.16. The van der Waals surface area contributed by atoms with Gasteiger partial charge in [-0.1, -0.05) is 18.2 Å². The monoisotopic (exact) mass is 170 g/mol. The fourth-order valence-corrected chi connectivity index (χ4v) is 0.780. The van der Waals surface area contributed by atoms with Crippen LogP contribution in [0.1, 0.15) is 5.56 Å². The van der Waals surface area contributed by atoms with Crippen molar-refractivity contribution in [2.75, 3.05) is 0 Å². The van der Waals surface area contributed by atoms with Crippen LogP contribution in [0.2, 0.25) is 0 Å². The normalized spacial score (nSPS) is 9.92. The minimum Gasteiger partial charge on any atom is -0.402 e. The highest BCUT2D eigenvalue weighted by Crippen LogP contribution is 2.07. The van der Waals surface area contributed by atoms with Crippen LogP contribution in [0.4, 0.5) is 4.39 Å². The second-order valence-electron chi connectivity index (χ2n) is 2.23. The summed E-state index contributed by atoms with van der Waals surface area (Å²) < 4.78 is 17.2. The molecule has 0 fully saturated rings. The van der Waals surface area contributed by atoms with Crippen molar-refractivity contribution in [2.45, 2.75) is 6.61 Å². The quantitative estimate of drug-likeness (QED) is 0.641. The van der Waals surface area contributed by atoms with Gasteiger partial charge in [-0.3, -0.25) is 0 Å². The van der Waals surface area contributed by atoms with Crippen LogP contribution in [-0.2, 0) is 11.3 Å². The molecule has 0 aliphatic rings. The summed E-state index contributed by atoms with van der Waals surface area (Å²) in [6, 6.07) is 5.99. The van der Waals surface area contributed by atoms with Crippen molar-refractivity contribution in [1.29, 1.82) is 0 Å². The zero-order valence-corrected chi connectivity index (χ0v) is 6.27. The largest absolute Gasteiger partial charge is 0.634 e. The molecule has 1 rings (SSSR count). The molecule has 64 valence electrons. The predicted octanol–water partition coefficient (Wildman–Crippen LogP) is 0.312. The molecule has 0 unspecified atom stereocenters. The topological polar surface area (TPSA) is 49.7 Å². The lowest BCUT2D eigenvalue weighted by atomic mass is 10.2. The van der Waals surface area contributed by atoms with Crippen molar-refractivity contribution < 1.29 is 19.1 Å². The van der Waals surface area contributed by atoms with Gasteiger partial charge in [0.15, 0.2) is 0 Å². The van der Waals surface area contributed by atoms with E-state index >= 15 is 0 Å². The second kappa shape index (κ2) is 4.20. The Morgan fingerprint density at radius 3 is 2.58 bits per heavy atom. The molecule has 0 saturated heterocycles. The van der Waals surface area contributed by atoms with Crippen LogP contribution in [0.3, 0.4) is 0 Å². The molecule has 0 radical (unpaired) electrons. The van der Waals surface area contributed by atoms with Gasteiger partial charge in [-0.05, 0) is 6.07 Å². The Balaban J connectivity index is 2.57. The Hall–Kier alpha value is -0.905. The summed E-state index contributed by atoms with van der Waals surface area (Å²) in [6.07, 6.45) is 0. The van der Waals surface area contributed by atoms with E-state index in [9.17, 15) is 4.39 Å². The van der Waals surface area contributed by atoms with E-state index in [0.29, 0.717) is 5.56 Å². The van der Waals surface area contributed by atoms with Crippen LogP contribution in [-0.4, -0.2) is 17.4 Å². The molecule has 0 bridgehead atoms. The van der Waals surface area contributed by atoms with E-state index < -0.39 is 13.1 Å². The van der Waals surface area contributed by atoms with E-state index in [-0.39, 0.29) is 6.61 Å². The van der Waals surface area contributed by atoms with Gasteiger partial charge in [0.25, 0.3) is 0 Å². The van der Waals surface area contributed by atoms with Gasteiger partial charge in [0.1, 0.15) is 5.82 Å². The standard InChI is InChI=1S/C7H8BFO3/c9-7-4-2-1-3-6(7)5-12-8(10)11/h1-4,10-11H,5H2. The molecule has 0 amide bonds. The molecule has 0 aromatic heterocycles. The van der Waals surface area contributed by atoms with Crippen molar-refractivity contribution in [1.82, 2.24) is 0 Å². The summed E-state index contributed by atoms with van der Waals surface area (Å²) >= 11 is 0. The van der Waals surface area contributed by atoms with Gasteiger partial charge in [0.2, 0.25) is 0 Å². The first-order valence-electron chi connectivity index (χ1n) is 3.41. The Morgan fingerprint density at radius 1 is 1.33 bits per heavy atom. The van der Waals surface area contributed by atoms with E-state index in [4.69, 9.17) is 10.0 Å². The highest BCUT2D eigenvalue weighted by molar-refractivity contribution is 6.32. The van der Waals surface area contributed by atoms with Crippen LogP contribution in [0.15, 0.2) is 24.3 Å². The molecular formula is C7H8BFO3. The average molecular weight is 170 g/mol. The number of hydrogen-bond donors (Lipinski definition) is 2. The van der Waals surface area contributed by atoms with Gasteiger partial charge >= 0.3 is 7.32 Å². The van der Waals surface area contributed by atoms with Gasteiger partial charge in [-0.15, -0.1) is 0 Å². The molecule has 0 heterocycles. The number of benzene rings is 1. The molecule has 3 nitrogen and oxygen atoms in total. The first-order valence-corrected chi connectivity index (χ1v) is 3.41. The van der Waals surface area contributed by atoms with Gasteiger partial charge in [-0.2, -0.15) is 0 Å². The molecule has 1 aromatic rings. The Morgan fingerprint density at radius 2 is 2.00 bits per heavy atom. The highest BCUT2D eigenvalue weighted by atomic mass is 19.1. The molecule has 5 heteroatoms. The molecule has 0 aliphatic carbocycles. The summed E-state index contributed by atoms with van der Waals surface area (Å²) in [5.41, 5.74) is 0.297. The maximum absolute atomic E-state index is 12.8. The summed E-state index contributed by atoms with van der Waals surface area (Å²) in [6.45, 7) is -0.148. The summed E-state index contributed by atoms with van der Waals surface area (Å²) in [7, 11) is -1.86. The molecule has 0 aliphatic heterocycles. The summed E-state index contributed by atoms with van der Waals surface area (Å²) in [5, 5.41) is 16.6. The third-order valence-electron chi connectivity index (χ3n) is 1.35. The highest BCUT2D eigenvalue weighted by Gasteiger charge is 2.09. The molecule has 0 atom stereocenters. The Labute approximate surface area is 69.6 Å². The lowest BCUT2D eigenvalue weighted by Gasteiger charge is -2.02. The smallest absolute Gasteiger partial charge is 0.402 e. The predicted molar refractivity (Wildman–Crippen MR) is 41.4 cm³/mol. The second-order valence-corrected chi connectivity index (χ2v) is 2.23. The maximum Gasteiger partial charge on any atom is 0.634 e. The fourth-order valence-electron chi connectivity index (χ4n) is 0.780. The maximum atomic E-state index is 12.8. The van der Waals surface area contributed by atoms with E-state index in [1.54, 1.807) is 12.1 Å².